The third kappa shape index (κ3) is 4.28. The molecule has 1 unspecified atom stereocenters. The smallest absolute Gasteiger partial charge is 0.268 e. The molecule has 1 spiro atoms. The van der Waals surface area contributed by atoms with Crippen molar-refractivity contribution in [1.29, 1.82) is 0 Å². The third-order valence-corrected chi connectivity index (χ3v) is 7.24. The summed E-state index contributed by atoms with van der Waals surface area (Å²) in [7, 11) is 0. The number of benzene rings is 2. The molecule has 1 fully saturated rings. The van der Waals surface area contributed by atoms with Crippen molar-refractivity contribution in [2.75, 3.05) is 11.9 Å². The molecule has 3 atom stereocenters. The van der Waals surface area contributed by atoms with Gasteiger partial charge in [0.25, 0.3) is 5.91 Å². The first-order chi connectivity index (χ1) is 17.5. The number of carbonyl (C=O) groups excluding carboxylic acids is 4. The highest BCUT2D eigenvalue weighted by Gasteiger charge is 2.56. The number of aromatic nitrogens is 1. The second kappa shape index (κ2) is 8.83. The lowest BCUT2D eigenvalue weighted by Gasteiger charge is -2.31. The number of likely N-dealkylation sites (tertiary alicyclic amines) is 1. The molecule has 192 valence electrons. The van der Waals surface area contributed by atoms with Crippen LogP contribution in [0, 0.1) is 11.2 Å². The number of hydrogen-bond acceptors (Lipinski definition) is 4. The maximum atomic E-state index is 14.2. The van der Waals surface area contributed by atoms with Gasteiger partial charge >= 0.3 is 0 Å². The Morgan fingerprint density at radius 1 is 1.22 bits per heavy atom. The monoisotopic (exact) mass is 504 g/mol. The highest BCUT2D eigenvalue weighted by molar-refractivity contribution is 6.08. The van der Waals surface area contributed by atoms with Crippen molar-refractivity contribution in [2.24, 2.45) is 5.41 Å². The molecule has 0 saturated carbocycles. The number of amides is 3. The molecule has 1 aromatic heterocycles. The Hall–Kier alpha value is -4.01. The van der Waals surface area contributed by atoms with Gasteiger partial charge in [-0.2, -0.15) is 0 Å². The SMILES string of the molecule is CC(C)(C)CC(NC(=O)c1cc2c(F)cccc2[nH]1)C(=O)N1C[C@]2(C[C@H]1C=O)C(=O)Nc1ccccc12. The average Bonchev–Trinajstić information content (AvgIpc) is 3.53. The van der Waals surface area contributed by atoms with Gasteiger partial charge in [-0.1, -0.05) is 45.0 Å². The summed E-state index contributed by atoms with van der Waals surface area (Å²) in [4.78, 5) is 56.6. The van der Waals surface area contributed by atoms with E-state index in [0.717, 1.165) is 5.56 Å². The number of halogens is 1. The van der Waals surface area contributed by atoms with E-state index in [0.29, 0.717) is 23.9 Å². The number of para-hydroxylation sites is 1. The second-order valence-electron chi connectivity index (χ2n) is 11.1. The van der Waals surface area contributed by atoms with Crippen molar-refractivity contribution in [3.05, 3.63) is 65.6 Å². The fraction of sp³-hybridized carbons (Fsp3) is 0.357. The van der Waals surface area contributed by atoms with Crippen molar-refractivity contribution >= 4 is 40.6 Å². The molecule has 3 N–H and O–H groups in total. The Balaban J connectivity index is 1.44. The molecule has 37 heavy (non-hydrogen) atoms. The van der Waals surface area contributed by atoms with Crippen molar-refractivity contribution in [1.82, 2.24) is 15.2 Å². The molecule has 0 radical (unpaired) electrons. The highest BCUT2D eigenvalue weighted by atomic mass is 19.1. The van der Waals surface area contributed by atoms with Crippen LogP contribution in [0.3, 0.4) is 0 Å². The van der Waals surface area contributed by atoms with Gasteiger partial charge in [-0.25, -0.2) is 4.39 Å². The Morgan fingerprint density at radius 2 is 1.97 bits per heavy atom. The number of carbonyl (C=O) groups is 4. The molecule has 0 aliphatic carbocycles. The Kier molecular flexibility index (Phi) is 5.89. The maximum absolute atomic E-state index is 14.2. The van der Waals surface area contributed by atoms with Crippen molar-refractivity contribution in [3.8, 4) is 0 Å². The van der Waals surface area contributed by atoms with E-state index in [1.165, 1.54) is 17.0 Å². The molecule has 3 heterocycles. The van der Waals surface area contributed by atoms with Gasteiger partial charge in [0.05, 0.1) is 11.5 Å². The van der Waals surface area contributed by atoms with E-state index < -0.39 is 35.1 Å². The van der Waals surface area contributed by atoms with Crippen LogP contribution in [-0.4, -0.2) is 52.5 Å². The van der Waals surface area contributed by atoms with Crippen LogP contribution in [0.5, 0.6) is 0 Å². The van der Waals surface area contributed by atoms with E-state index in [4.69, 9.17) is 0 Å². The Bertz CT molecular complexity index is 1430. The van der Waals surface area contributed by atoms with Crippen LogP contribution in [0.2, 0.25) is 0 Å². The summed E-state index contributed by atoms with van der Waals surface area (Å²) in [6, 6.07) is 11.4. The van der Waals surface area contributed by atoms with E-state index in [-0.39, 0.29) is 35.4 Å². The third-order valence-electron chi connectivity index (χ3n) is 7.24. The van der Waals surface area contributed by atoms with Crippen LogP contribution in [0.4, 0.5) is 10.1 Å². The number of rotatable bonds is 5. The van der Waals surface area contributed by atoms with Gasteiger partial charge in [0.1, 0.15) is 23.8 Å². The predicted molar refractivity (Wildman–Crippen MR) is 137 cm³/mol. The number of anilines is 1. The van der Waals surface area contributed by atoms with E-state index in [2.05, 4.69) is 15.6 Å². The minimum absolute atomic E-state index is 0.0339. The number of hydrogen-bond donors (Lipinski definition) is 3. The summed E-state index contributed by atoms with van der Waals surface area (Å²) >= 11 is 0. The molecular weight excluding hydrogens is 475 g/mol. The van der Waals surface area contributed by atoms with Crippen molar-refractivity contribution < 1.29 is 23.6 Å². The maximum Gasteiger partial charge on any atom is 0.268 e. The zero-order chi connectivity index (χ0) is 26.5. The van der Waals surface area contributed by atoms with Gasteiger partial charge in [-0.05, 0) is 48.1 Å². The lowest BCUT2D eigenvalue weighted by molar-refractivity contribution is -0.137. The summed E-state index contributed by atoms with van der Waals surface area (Å²) in [6.07, 6.45) is 1.16. The number of nitrogens with one attached hydrogen (secondary N) is 3. The lowest BCUT2D eigenvalue weighted by Crippen LogP contribution is -2.52. The molecule has 2 aromatic carbocycles. The summed E-state index contributed by atoms with van der Waals surface area (Å²) in [5.74, 6) is -1.69. The van der Waals surface area contributed by atoms with E-state index in [9.17, 15) is 23.6 Å². The fourth-order valence-electron chi connectivity index (χ4n) is 5.53. The van der Waals surface area contributed by atoms with E-state index >= 15 is 0 Å². The topological polar surface area (TPSA) is 111 Å². The van der Waals surface area contributed by atoms with Crippen LogP contribution in [0.25, 0.3) is 10.9 Å². The molecule has 9 heteroatoms. The zero-order valence-electron chi connectivity index (χ0n) is 20.9. The number of nitrogens with zero attached hydrogens (tertiary/aromatic N) is 1. The zero-order valence-corrected chi connectivity index (χ0v) is 20.9. The van der Waals surface area contributed by atoms with Crippen LogP contribution in [-0.2, 0) is 19.8 Å². The van der Waals surface area contributed by atoms with Crippen LogP contribution in [0.15, 0.2) is 48.5 Å². The van der Waals surface area contributed by atoms with Gasteiger partial charge in [0.2, 0.25) is 11.8 Å². The molecule has 1 saturated heterocycles. The van der Waals surface area contributed by atoms with Crippen molar-refractivity contribution in [3.63, 3.8) is 0 Å². The first-order valence-electron chi connectivity index (χ1n) is 12.3. The minimum atomic E-state index is -1.02. The van der Waals surface area contributed by atoms with Crippen LogP contribution < -0.4 is 10.6 Å². The standard InChI is InChI=1S/C28H29FN4O4/c1-27(2,3)13-23(31-24(35)22-11-17-19(29)8-6-10-20(17)30-22)25(36)33-15-28(12-16(33)14-34)18-7-4-5-9-21(18)32-26(28)37/h4-11,14,16,23,30H,12-13,15H2,1-3H3,(H,31,35)(H,32,37)/t16-,23?,28-/m0/s1. The molecule has 3 aromatic rings. The van der Waals surface area contributed by atoms with Gasteiger partial charge in [0, 0.05) is 23.1 Å². The quantitative estimate of drug-likeness (QED) is 0.462. The van der Waals surface area contributed by atoms with E-state index in [1.54, 1.807) is 18.2 Å². The second-order valence-corrected chi connectivity index (χ2v) is 11.1. The largest absolute Gasteiger partial charge is 0.350 e. The van der Waals surface area contributed by atoms with Crippen LogP contribution >= 0.6 is 0 Å². The number of aldehydes is 1. The van der Waals surface area contributed by atoms with Gasteiger partial charge < -0.3 is 25.3 Å². The molecule has 3 amide bonds. The summed E-state index contributed by atoms with van der Waals surface area (Å²) in [5, 5.41) is 5.95. The summed E-state index contributed by atoms with van der Waals surface area (Å²) in [6.45, 7) is 5.87. The molecule has 8 nitrogen and oxygen atoms in total. The molecule has 2 aliphatic heterocycles. The van der Waals surface area contributed by atoms with Crippen LogP contribution in [0.1, 0.15) is 49.7 Å². The van der Waals surface area contributed by atoms with Crippen molar-refractivity contribution in [2.45, 2.75) is 51.1 Å². The first kappa shape index (κ1) is 24.7. The van der Waals surface area contributed by atoms with Gasteiger partial charge in [-0.15, -0.1) is 0 Å². The van der Waals surface area contributed by atoms with Gasteiger partial charge in [0.15, 0.2) is 0 Å². The molecule has 0 bridgehead atoms. The molecular formula is C28H29FN4O4. The van der Waals surface area contributed by atoms with Gasteiger partial charge in [-0.3, -0.25) is 14.4 Å². The lowest BCUT2D eigenvalue weighted by atomic mass is 9.80. The Labute approximate surface area is 213 Å². The van der Waals surface area contributed by atoms with E-state index in [1.807, 2.05) is 39.0 Å². The number of H-pyrrole nitrogens is 1. The molecule has 2 aliphatic rings. The minimum Gasteiger partial charge on any atom is -0.350 e. The summed E-state index contributed by atoms with van der Waals surface area (Å²) < 4.78 is 14.2. The predicted octanol–water partition coefficient (Wildman–Crippen LogP) is 3.53. The average molecular weight is 505 g/mol. The summed E-state index contributed by atoms with van der Waals surface area (Å²) in [5.41, 5.74) is 0.669. The first-order valence-corrected chi connectivity index (χ1v) is 12.3. The number of fused-ring (bicyclic) bond motifs is 3. The highest BCUT2D eigenvalue weighted by Crippen LogP contribution is 2.46. The number of aromatic amines is 1. The fourth-order valence-corrected chi connectivity index (χ4v) is 5.53. The Morgan fingerprint density at radius 3 is 2.68 bits per heavy atom. The normalized spacial score (nSPS) is 21.7. The molecule has 5 rings (SSSR count).